The molecule has 6 heteroatoms. The van der Waals surface area contributed by atoms with Gasteiger partial charge in [0.1, 0.15) is 0 Å². The summed E-state index contributed by atoms with van der Waals surface area (Å²) in [7, 11) is 0. The van der Waals surface area contributed by atoms with E-state index < -0.39 is 5.97 Å². The first-order valence-electron chi connectivity index (χ1n) is 6.43. The van der Waals surface area contributed by atoms with Gasteiger partial charge in [-0.1, -0.05) is 13.8 Å². The Balaban J connectivity index is 2.82. The Kier molecular flexibility index (Phi) is 6.01. The first-order chi connectivity index (χ1) is 9.35. The second-order valence-corrected chi connectivity index (χ2v) is 5.72. The van der Waals surface area contributed by atoms with E-state index in [-0.39, 0.29) is 11.6 Å². The molecule has 1 aromatic rings. The first-order valence-corrected chi connectivity index (χ1v) is 7.23. The molecule has 0 heterocycles. The second-order valence-electron chi connectivity index (χ2n) is 4.86. The Morgan fingerprint density at radius 1 is 1.40 bits per heavy atom. The van der Waals surface area contributed by atoms with Crippen molar-refractivity contribution in [3.8, 4) is 0 Å². The summed E-state index contributed by atoms with van der Waals surface area (Å²) in [4.78, 5) is 24.7. The molecule has 1 rings (SSSR count). The van der Waals surface area contributed by atoms with Crippen molar-refractivity contribution in [2.24, 2.45) is 5.92 Å². The van der Waals surface area contributed by atoms with Gasteiger partial charge >= 0.3 is 12.0 Å². The standard InChI is InChI=1S/C14H19BrN2O3/c1-4-17(8-9(2)3)14(20)16-12-6-5-10(13(18)19)7-11(12)15/h5-7,9H,4,8H2,1-3H3,(H,16,20)(H,18,19). The van der Waals surface area contributed by atoms with E-state index in [1.165, 1.54) is 12.1 Å². The van der Waals surface area contributed by atoms with Crippen molar-refractivity contribution in [2.75, 3.05) is 18.4 Å². The molecule has 5 nitrogen and oxygen atoms in total. The van der Waals surface area contributed by atoms with Crippen LogP contribution in [0.1, 0.15) is 31.1 Å². The van der Waals surface area contributed by atoms with Crippen LogP contribution in [0, 0.1) is 5.92 Å². The summed E-state index contributed by atoms with van der Waals surface area (Å²) in [6.07, 6.45) is 0. The van der Waals surface area contributed by atoms with Crippen molar-refractivity contribution >= 4 is 33.6 Å². The monoisotopic (exact) mass is 342 g/mol. The average molecular weight is 343 g/mol. The molecule has 20 heavy (non-hydrogen) atoms. The molecule has 0 spiro atoms. The summed E-state index contributed by atoms with van der Waals surface area (Å²) in [5.41, 5.74) is 0.728. The van der Waals surface area contributed by atoms with Gasteiger partial charge in [-0.05, 0) is 47.0 Å². The molecule has 0 radical (unpaired) electrons. The zero-order valence-electron chi connectivity index (χ0n) is 11.8. The van der Waals surface area contributed by atoms with E-state index in [0.29, 0.717) is 29.2 Å². The minimum absolute atomic E-state index is 0.171. The van der Waals surface area contributed by atoms with Crippen LogP contribution in [-0.4, -0.2) is 35.1 Å². The SMILES string of the molecule is CCN(CC(C)C)C(=O)Nc1ccc(C(=O)O)cc1Br. The minimum atomic E-state index is -1.00. The van der Waals surface area contributed by atoms with Crippen LogP contribution in [0.3, 0.4) is 0 Å². The molecule has 2 N–H and O–H groups in total. The van der Waals surface area contributed by atoms with Crippen LogP contribution in [-0.2, 0) is 0 Å². The topological polar surface area (TPSA) is 69.6 Å². The van der Waals surface area contributed by atoms with E-state index in [2.05, 4.69) is 21.2 Å². The number of hydrogen-bond donors (Lipinski definition) is 2. The van der Waals surface area contributed by atoms with Gasteiger partial charge in [0.15, 0.2) is 0 Å². The van der Waals surface area contributed by atoms with E-state index in [1.807, 2.05) is 20.8 Å². The zero-order chi connectivity index (χ0) is 15.3. The van der Waals surface area contributed by atoms with Crippen LogP contribution in [0.2, 0.25) is 0 Å². The highest BCUT2D eigenvalue weighted by Crippen LogP contribution is 2.24. The fraction of sp³-hybridized carbons (Fsp3) is 0.429. The van der Waals surface area contributed by atoms with Crippen LogP contribution in [0.5, 0.6) is 0 Å². The Bertz CT molecular complexity index is 503. The van der Waals surface area contributed by atoms with Gasteiger partial charge in [-0.3, -0.25) is 0 Å². The number of benzene rings is 1. The number of rotatable bonds is 5. The van der Waals surface area contributed by atoms with E-state index in [1.54, 1.807) is 11.0 Å². The van der Waals surface area contributed by atoms with Crippen molar-refractivity contribution in [1.29, 1.82) is 0 Å². The van der Waals surface area contributed by atoms with Crippen molar-refractivity contribution in [2.45, 2.75) is 20.8 Å². The molecule has 0 aliphatic heterocycles. The van der Waals surface area contributed by atoms with Gasteiger partial charge in [0, 0.05) is 17.6 Å². The summed E-state index contributed by atoms with van der Waals surface area (Å²) in [6, 6.07) is 4.32. The van der Waals surface area contributed by atoms with Gasteiger partial charge in [-0.25, -0.2) is 9.59 Å². The van der Waals surface area contributed by atoms with E-state index in [4.69, 9.17) is 5.11 Å². The smallest absolute Gasteiger partial charge is 0.335 e. The molecule has 0 aliphatic carbocycles. The van der Waals surface area contributed by atoms with Gasteiger partial charge in [0.2, 0.25) is 0 Å². The maximum absolute atomic E-state index is 12.1. The lowest BCUT2D eigenvalue weighted by Crippen LogP contribution is -2.37. The van der Waals surface area contributed by atoms with Gasteiger partial charge < -0.3 is 15.3 Å². The van der Waals surface area contributed by atoms with Crippen LogP contribution < -0.4 is 5.32 Å². The summed E-state index contributed by atoms with van der Waals surface area (Å²) in [5.74, 6) is -0.614. The molecule has 0 bridgehead atoms. The number of carbonyl (C=O) groups excluding carboxylic acids is 1. The molecule has 0 aromatic heterocycles. The number of aromatic carboxylic acids is 1. The summed E-state index contributed by atoms with van der Waals surface area (Å²) < 4.78 is 0.548. The molecule has 0 unspecified atom stereocenters. The number of halogens is 1. The van der Waals surface area contributed by atoms with Crippen LogP contribution in [0.4, 0.5) is 10.5 Å². The molecular weight excluding hydrogens is 324 g/mol. The number of urea groups is 1. The lowest BCUT2D eigenvalue weighted by Gasteiger charge is -2.23. The number of amides is 2. The van der Waals surface area contributed by atoms with Crippen molar-refractivity contribution in [3.05, 3.63) is 28.2 Å². The Morgan fingerprint density at radius 2 is 2.05 bits per heavy atom. The molecule has 0 saturated heterocycles. The number of carboxylic acids is 1. The zero-order valence-corrected chi connectivity index (χ0v) is 13.4. The molecule has 0 aliphatic rings. The van der Waals surface area contributed by atoms with Gasteiger partial charge in [-0.2, -0.15) is 0 Å². The Labute approximate surface area is 127 Å². The normalized spacial score (nSPS) is 10.4. The fourth-order valence-corrected chi connectivity index (χ4v) is 2.22. The molecule has 1 aromatic carbocycles. The van der Waals surface area contributed by atoms with Gasteiger partial charge in [-0.15, -0.1) is 0 Å². The lowest BCUT2D eigenvalue weighted by atomic mass is 10.2. The number of carbonyl (C=O) groups is 2. The Morgan fingerprint density at radius 3 is 2.50 bits per heavy atom. The molecule has 0 fully saturated rings. The van der Waals surface area contributed by atoms with Crippen LogP contribution in [0.25, 0.3) is 0 Å². The number of nitrogens with zero attached hydrogens (tertiary/aromatic N) is 1. The number of nitrogens with one attached hydrogen (secondary N) is 1. The first kappa shape index (κ1) is 16.5. The third kappa shape index (κ3) is 4.52. The molecular formula is C14H19BrN2O3. The van der Waals surface area contributed by atoms with E-state index >= 15 is 0 Å². The van der Waals surface area contributed by atoms with Crippen molar-refractivity contribution in [1.82, 2.24) is 4.90 Å². The number of hydrogen-bond acceptors (Lipinski definition) is 2. The summed E-state index contributed by atoms with van der Waals surface area (Å²) in [6.45, 7) is 7.31. The fourth-order valence-electron chi connectivity index (χ4n) is 1.74. The van der Waals surface area contributed by atoms with E-state index in [0.717, 1.165) is 0 Å². The summed E-state index contributed by atoms with van der Waals surface area (Å²) in [5, 5.41) is 11.7. The third-order valence-electron chi connectivity index (χ3n) is 2.71. The predicted molar refractivity (Wildman–Crippen MR) is 82.2 cm³/mol. The van der Waals surface area contributed by atoms with Crippen LogP contribution >= 0.6 is 15.9 Å². The maximum Gasteiger partial charge on any atom is 0.335 e. The largest absolute Gasteiger partial charge is 0.478 e. The molecule has 0 atom stereocenters. The Hall–Kier alpha value is -1.56. The second kappa shape index (κ2) is 7.28. The lowest BCUT2D eigenvalue weighted by molar-refractivity contribution is 0.0697. The average Bonchev–Trinajstić information content (AvgIpc) is 2.37. The third-order valence-corrected chi connectivity index (χ3v) is 3.37. The highest BCUT2D eigenvalue weighted by atomic mass is 79.9. The molecule has 0 saturated carbocycles. The van der Waals surface area contributed by atoms with Gasteiger partial charge in [0.05, 0.1) is 11.3 Å². The number of anilines is 1. The number of carboxylic acid groups (broad SMARTS) is 1. The maximum atomic E-state index is 12.1. The van der Waals surface area contributed by atoms with Crippen molar-refractivity contribution < 1.29 is 14.7 Å². The highest BCUT2D eigenvalue weighted by Gasteiger charge is 2.15. The minimum Gasteiger partial charge on any atom is -0.478 e. The molecule has 110 valence electrons. The quantitative estimate of drug-likeness (QED) is 0.857. The molecule has 2 amide bonds. The van der Waals surface area contributed by atoms with Gasteiger partial charge in [0.25, 0.3) is 0 Å². The summed E-state index contributed by atoms with van der Waals surface area (Å²) >= 11 is 3.27. The highest BCUT2D eigenvalue weighted by molar-refractivity contribution is 9.10. The van der Waals surface area contributed by atoms with Crippen molar-refractivity contribution in [3.63, 3.8) is 0 Å². The van der Waals surface area contributed by atoms with Crippen LogP contribution in [0.15, 0.2) is 22.7 Å². The predicted octanol–water partition coefficient (Wildman–Crippen LogP) is 3.66. The van der Waals surface area contributed by atoms with E-state index in [9.17, 15) is 9.59 Å².